The van der Waals surface area contributed by atoms with E-state index in [4.69, 9.17) is 4.74 Å². The van der Waals surface area contributed by atoms with Crippen molar-refractivity contribution in [3.63, 3.8) is 0 Å². The monoisotopic (exact) mass is 206 g/mol. The second-order valence-corrected chi connectivity index (χ2v) is 4.00. The van der Waals surface area contributed by atoms with E-state index in [9.17, 15) is 4.79 Å². The highest BCUT2D eigenvalue weighted by atomic mass is 32.2. The van der Waals surface area contributed by atoms with Crippen LogP contribution in [0.5, 0.6) is 0 Å². The van der Waals surface area contributed by atoms with Gasteiger partial charge in [0.25, 0.3) is 0 Å². The van der Waals surface area contributed by atoms with Crippen molar-refractivity contribution in [2.24, 2.45) is 0 Å². The van der Waals surface area contributed by atoms with Crippen molar-refractivity contribution in [3.05, 3.63) is 42.2 Å². The van der Waals surface area contributed by atoms with E-state index in [0.29, 0.717) is 6.42 Å². The molecule has 1 heterocycles. The van der Waals surface area contributed by atoms with Crippen LogP contribution < -0.4 is 0 Å². The molecule has 0 saturated heterocycles. The molecule has 0 unspecified atom stereocenters. The molecule has 0 fully saturated rings. The minimum absolute atomic E-state index is 0.145. The first-order valence-electron chi connectivity index (χ1n) is 4.42. The molecule has 0 radical (unpaired) electrons. The summed E-state index contributed by atoms with van der Waals surface area (Å²) in [6, 6.07) is 10.1. The van der Waals surface area contributed by atoms with E-state index in [1.165, 1.54) is 4.90 Å². The van der Waals surface area contributed by atoms with Gasteiger partial charge in [0.15, 0.2) is 0 Å². The number of hydrogen-bond donors (Lipinski definition) is 0. The molecule has 0 saturated carbocycles. The number of carbonyl (C=O) groups excluding carboxylic acids is 1. The summed E-state index contributed by atoms with van der Waals surface area (Å²) in [7, 11) is 0. The fraction of sp³-hybridized carbons (Fsp3) is 0.182. The third-order valence-electron chi connectivity index (χ3n) is 1.87. The van der Waals surface area contributed by atoms with Crippen molar-refractivity contribution < 1.29 is 9.53 Å². The summed E-state index contributed by atoms with van der Waals surface area (Å²) in [6.07, 6.45) is 2.27. The maximum Gasteiger partial charge on any atom is 0.314 e. The Morgan fingerprint density at radius 3 is 2.71 bits per heavy atom. The molecule has 2 rings (SSSR count). The molecule has 1 aliphatic rings. The van der Waals surface area contributed by atoms with Gasteiger partial charge in [0.05, 0.1) is 12.2 Å². The Morgan fingerprint density at radius 1 is 1.29 bits per heavy atom. The zero-order valence-corrected chi connectivity index (χ0v) is 8.42. The van der Waals surface area contributed by atoms with E-state index in [1.807, 2.05) is 36.4 Å². The minimum atomic E-state index is -0.145. The average molecular weight is 206 g/mol. The van der Waals surface area contributed by atoms with E-state index in [0.717, 1.165) is 11.5 Å². The van der Waals surface area contributed by atoms with E-state index < -0.39 is 0 Å². The first kappa shape index (κ1) is 9.34. The van der Waals surface area contributed by atoms with Crippen LogP contribution in [-0.2, 0) is 9.53 Å². The minimum Gasteiger partial charge on any atom is -0.430 e. The fourth-order valence-corrected chi connectivity index (χ4v) is 2.02. The molecule has 72 valence electrons. The van der Waals surface area contributed by atoms with E-state index in [1.54, 1.807) is 11.8 Å². The van der Waals surface area contributed by atoms with Gasteiger partial charge in [-0.1, -0.05) is 18.2 Å². The van der Waals surface area contributed by atoms with Gasteiger partial charge in [-0.3, -0.25) is 4.79 Å². The molecule has 0 amide bonds. The SMILES string of the molecule is O=C1CC=C(CSc2ccccc2)O1. The summed E-state index contributed by atoms with van der Waals surface area (Å²) in [5, 5.41) is 0. The number of carbonyl (C=O) groups is 1. The summed E-state index contributed by atoms with van der Waals surface area (Å²) in [4.78, 5) is 12.0. The second kappa shape index (κ2) is 4.33. The Hall–Kier alpha value is -1.22. The largest absolute Gasteiger partial charge is 0.430 e. The predicted octanol–water partition coefficient (Wildman–Crippen LogP) is 2.61. The highest BCUT2D eigenvalue weighted by Crippen LogP contribution is 2.23. The molecule has 3 heteroatoms. The lowest BCUT2D eigenvalue weighted by molar-refractivity contribution is -0.136. The van der Waals surface area contributed by atoms with Crippen molar-refractivity contribution in [3.8, 4) is 0 Å². The molecule has 0 aromatic heterocycles. The van der Waals surface area contributed by atoms with E-state index in [2.05, 4.69) is 0 Å². The fourth-order valence-electron chi connectivity index (χ4n) is 1.19. The van der Waals surface area contributed by atoms with Gasteiger partial charge in [-0.2, -0.15) is 0 Å². The molecular formula is C11H10O2S. The van der Waals surface area contributed by atoms with Crippen LogP contribution in [0.4, 0.5) is 0 Å². The lowest BCUT2D eigenvalue weighted by Gasteiger charge is -2.01. The summed E-state index contributed by atoms with van der Waals surface area (Å²) < 4.78 is 4.98. The van der Waals surface area contributed by atoms with Crippen LogP contribution in [0.15, 0.2) is 47.1 Å². The maximum absolute atomic E-state index is 10.8. The molecule has 1 aliphatic heterocycles. The summed E-state index contributed by atoms with van der Waals surface area (Å²) in [6.45, 7) is 0. The molecule has 0 spiro atoms. The molecule has 0 bridgehead atoms. The first-order valence-corrected chi connectivity index (χ1v) is 5.41. The van der Waals surface area contributed by atoms with Gasteiger partial charge in [0, 0.05) is 4.90 Å². The molecule has 0 N–H and O–H groups in total. The third-order valence-corrected chi connectivity index (χ3v) is 2.90. The van der Waals surface area contributed by atoms with Crippen molar-refractivity contribution in [1.82, 2.24) is 0 Å². The normalized spacial score (nSPS) is 15.1. The molecule has 1 aromatic carbocycles. The van der Waals surface area contributed by atoms with Gasteiger partial charge in [0.1, 0.15) is 5.76 Å². The van der Waals surface area contributed by atoms with E-state index >= 15 is 0 Å². The summed E-state index contributed by atoms with van der Waals surface area (Å²) in [5.74, 6) is 1.37. The smallest absolute Gasteiger partial charge is 0.314 e. The average Bonchev–Trinajstić information content (AvgIpc) is 2.63. The van der Waals surface area contributed by atoms with Crippen molar-refractivity contribution >= 4 is 17.7 Å². The van der Waals surface area contributed by atoms with Gasteiger partial charge >= 0.3 is 5.97 Å². The van der Waals surface area contributed by atoms with Crippen LogP contribution in [0.1, 0.15) is 6.42 Å². The number of benzene rings is 1. The second-order valence-electron chi connectivity index (χ2n) is 2.95. The van der Waals surface area contributed by atoms with Gasteiger partial charge < -0.3 is 4.74 Å². The molecular weight excluding hydrogens is 196 g/mol. The predicted molar refractivity (Wildman–Crippen MR) is 56.0 cm³/mol. The number of ether oxygens (including phenoxy) is 1. The number of esters is 1. The lowest BCUT2D eigenvalue weighted by Crippen LogP contribution is -1.95. The zero-order chi connectivity index (χ0) is 9.80. The Kier molecular flexibility index (Phi) is 2.89. The zero-order valence-electron chi connectivity index (χ0n) is 7.60. The quantitative estimate of drug-likeness (QED) is 0.561. The Morgan fingerprint density at radius 2 is 2.07 bits per heavy atom. The molecule has 1 aromatic rings. The van der Waals surface area contributed by atoms with Crippen LogP contribution >= 0.6 is 11.8 Å². The number of hydrogen-bond acceptors (Lipinski definition) is 3. The van der Waals surface area contributed by atoms with Crippen LogP contribution in [0, 0.1) is 0 Å². The number of cyclic esters (lactones) is 1. The van der Waals surface area contributed by atoms with Crippen LogP contribution in [-0.4, -0.2) is 11.7 Å². The lowest BCUT2D eigenvalue weighted by atomic mass is 10.4. The van der Waals surface area contributed by atoms with Crippen molar-refractivity contribution in [2.75, 3.05) is 5.75 Å². The maximum atomic E-state index is 10.8. The van der Waals surface area contributed by atoms with Crippen LogP contribution in [0.2, 0.25) is 0 Å². The number of rotatable bonds is 3. The first-order chi connectivity index (χ1) is 6.84. The summed E-state index contributed by atoms with van der Waals surface area (Å²) >= 11 is 1.67. The molecule has 2 nitrogen and oxygen atoms in total. The van der Waals surface area contributed by atoms with Crippen LogP contribution in [0.25, 0.3) is 0 Å². The van der Waals surface area contributed by atoms with Gasteiger partial charge in [-0.25, -0.2) is 0 Å². The number of thioether (sulfide) groups is 1. The molecule has 0 aliphatic carbocycles. The topological polar surface area (TPSA) is 26.3 Å². The Balaban J connectivity index is 1.86. The third kappa shape index (κ3) is 2.39. The summed E-state index contributed by atoms with van der Waals surface area (Å²) in [5.41, 5.74) is 0. The Labute approximate surface area is 87.0 Å². The van der Waals surface area contributed by atoms with Gasteiger partial charge in [0.2, 0.25) is 0 Å². The standard InChI is InChI=1S/C11H10O2S/c12-11-7-6-9(13-11)8-14-10-4-2-1-3-5-10/h1-6H,7-8H2. The highest BCUT2D eigenvalue weighted by molar-refractivity contribution is 7.99. The Bertz CT molecular complexity index is 357. The van der Waals surface area contributed by atoms with Crippen LogP contribution in [0.3, 0.4) is 0 Å². The van der Waals surface area contributed by atoms with E-state index in [-0.39, 0.29) is 5.97 Å². The van der Waals surface area contributed by atoms with Gasteiger partial charge in [-0.05, 0) is 18.2 Å². The van der Waals surface area contributed by atoms with Crippen molar-refractivity contribution in [2.45, 2.75) is 11.3 Å². The highest BCUT2D eigenvalue weighted by Gasteiger charge is 2.13. The van der Waals surface area contributed by atoms with Gasteiger partial charge in [-0.15, -0.1) is 11.8 Å². The molecule has 0 atom stereocenters. The molecule has 14 heavy (non-hydrogen) atoms. The van der Waals surface area contributed by atoms with Crippen molar-refractivity contribution in [1.29, 1.82) is 0 Å².